The number of aromatic nitrogens is 4. The van der Waals surface area contributed by atoms with Crippen LogP contribution in [0, 0.1) is 0 Å². The first-order valence-corrected chi connectivity index (χ1v) is 10.1. The third-order valence-electron chi connectivity index (χ3n) is 5.15. The number of nitrogens with two attached hydrogens (primary N) is 1. The highest BCUT2D eigenvalue weighted by Crippen LogP contribution is 2.34. The van der Waals surface area contributed by atoms with Gasteiger partial charge in [0.05, 0.1) is 30.8 Å². The highest BCUT2D eigenvalue weighted by molar-refractivity contribution is 5.92. The average Bonchev–Trinajstić information content (AvgIpc) is 3.36. The van der Waals surface area contributed by atoms with Gasteiger partial charge in [0, 0.05) is 24.8 Å². The van der Waals surface area contributed by atoms with E-state index in [-0.39, 0.29) is 12.1 Å². The van der Waals surface area contributed by atoms with Crippen LogP contribution in [-0.2, 0) is 4.74 Å². The van der Waals surface area contributed by atoms with E-state index >= 15 is 0 Å². The van der Waals surface area contributed by atoms with Gasteiger partial charge in [-0.25, -0.2) is 14.5 Å². The fourth-order valence-corrected chi connectivity index (χ4v) is 3.66. The molecule has 4 aromatic rings. The van der Waals surface area contributed by atoms with Gasteiger partial charge in [-0.15, -0.1) is 5.10 Å². The summed E-state index contributed by atoms with van der Waals surface area (Å²) >= 11 is 0. The number of anilines is 1. The minimum absolute atomic E-state index is 0.0753. The lowest BCUT2D eigenvalue weighted by Gasteiger charge is -2.34. The molecule has 0 saturated carbocycles. The van der Waals surface area contributed by atoms with E-state index in [4.69, 9.17) is 19.6 Å². The van der Waals surface area contributed by atoms with Crippen LogP contribution < -0.4 is 15.4 Å². The Bertz CT molecular complexity index is 1180. The molecule has 1 aliphatic rings. The van der Waals surface area contributed by atoms with Crippen LogP contribution in [0.2, 0.25) is 0 Å². The zero-order valence-electron chi connectivity index (χ0n) is 17.0. The molecule has 2 atom stereocenters. The number of imidazole rings is 1. The quantitative estimate of drug-likeness (QED) is 0.537. The summed E-state index contributed by atoms with van der Waals surface area (Å²) in [6, 6.07) is 7.69. The molecule has 5 heterocycles. The molecule has 0 amide bonds. The molecular formula is C21H24N6O3. The van der Waals surface area contributed by atoms with E-state index in [0.717, 1.165) is 29.0 Å². The molecule has 1 saturated heterocycles. The highest BCUT2D eigenvalue weighted by atomic mass is 16.5. The third-order valence-corrected chi connectivity index (χ3v) is 5.15. The topological polar surface area (TPSA) is 104 Å². The molecule has 1 aliphatic heterocycles. The van der Waals surface area contributed by atoms with Gasteiger partial charge >= 0.3 is 0 Å². The predicted molar refractivity (Wildman–Crippen MR) is 113 cm³/mol. The van der Waals surface area contributed by atoms with Crippen molar-refractivity contribution in [3.8, 4) is 17.3 Å². The number of furan rings is 1. The van der Waals surface area contributed by atoms with Gasteiger partial charge in [0.2, 0.25) is 5.88 Å². The Kier molecular flexibility index (Phi) is 4.76. The van der Waals surface area contributed by atoms with Crippen LogP contribution in [0.15, 0.2) is 41.1 Å². The molecule has 0 spiro atoms. The molecule has 9 heteroatoms. The number of hydrogen-bond acceptors (Lipinski definition) is 8. The van der Waals surface area contributed by atoms with Crippen molar-refractivity contribution in [1.82, 2.24) is 19.6 Å². The summed E-state index contributed by atoms with van der Waals surface area (Å²) in [6.07, 6.45) is 3.53. The predicted octanol–water partition coefficient (Wildman–Crippen LogP) is 2.49. The molecule has 1 fully saturated rings. The van der Waals surface area contributed by atoms with Gasteiger partial charge in [-0.1, -0.05) is 0 Å². The Morgan fingerprint density at radius 3 is 3.03 bits per heavy atom. The molecule has 156 valence electrons. The SMILES string of the molecule is CC(N)COc1ccc2ncc(-c3cc4c(N5CCOCC5C)nccc4o3)n2n1. The van der Waals surface area contributed by atoms with Crippen molar-refractivity contribution in [2.45, 2.75) is 25.9 Å². The van der Waals surface area contributed by atoms with Gasteiger partial charge in [-0.05, 0) is 32.0 Å². The van der Waals surface area contributed by atoms with Crippen molar-refractivity contribution in [2.75, 3.05) is 31.3 Å². The lowest BCUT2D eigenvalue weighted by molar-refractivity contribution is 0.0987. The summed E-state index contributed by atoms with van der Waals surface area (Å²) in [7, 11) is 0. The fourth-order valence-electron chi connectivity index (χ4n) is 3.66. The maximum Gasteiger partial charge on any atom is 0.231 e. The molecule has 0 bridgehead atoms. The first kappa shape index (κ1) is 18.8. The number of nitrogens with zero attached hydrogens (tertiary/aromatic N) is 5. The maximum absolute atomic E-state index is 6.17. The number of morpholine rings is 1. The van der Waals surface area contributed by atoms with Crippen LogP contribution in [0.5, 0.6) is 5.88 Å². The Morgan fingerprint density at radius 1 is 1.30 bits per heavy atom. The zero-order valence-corrected chi connectivity index (χ0v) is 17.0. The first-order valence-electron chi connectivity index (χ1n) is 10.1. The van der Waals surface area contributed by atoms with E-state index in [1.807, 2.05) is 25.1 Å². The van der Waals surface area contributed by atoms with E-state index in [2.05, 4.69) is 26.9 Å². The van der Waals surface area contributed by atoms with Gasteiger partial charge in [0.25, 0.3) is 0 Å². The zero-order chi connectivity index (χ0) is 20.7. The van der Waals surface area contributed by atoms with E-state index in [1.165, 1.54) is 0 Å². The van der Waals surface area contributed by atoms with E-state index in [9.17, 15) is 0 Å². The smallest absolute Gasteiger partial charge is 0.231 e. The minimum atomic E-state index is -0.0753. The van der Waals surface area contributed by atoms with Crippen molar-refractivity contribution in [1.29, 1.82) is 0 Å². The van der Waals surface area contributed by atoms with Gasteiger partial charge < -0.3 is 24.5 Å². The Morgan fingerprint density at radius 2 is 2.20 bits per heavy atom. The lowest BCUT2D eigenvalue weighted by Crippen LogP contribution is -2.44. The molecule has 0 radical (unpaired) electrons. The van der Waals surface area contributed by atoms with Crippen molar-refractivity contribution < 1.29 is 13.9 Å². The van der Waals surface area contributed by atoms with Crippen molar-refractivity contribution in [3.63, 3.8) is 0 Å². The van der Waals surface area contributed by atoms with Crippen LogP contribution >= 0.6 is 0 Å². The molecular weight excluding hydrogens is 384 g/mol. The van der Waals surface area contributed by atoms with Crippen LogP contribution in [-0.4, -0.2) is 58.0 Å². The second kappa shape index (κ2) is 7.58. The molecule has 2 unspecified atom stereocenters. The second-order valence-electron chi connectivity index (χ2n) is 7.65. The largest absolute Gasteiger partial charge is 0.475 e. The number of hydrogen-bond donors (Lipinski definition) is 1. The van der Waals surface area contributed by atoms with Crippen molar-refractivity contribution in [3.05, 3.63) is 36.7 Å². The van der Waals surface area contributed by atoms with Gasteiger partial charge in [0.1, 0.15) is 23.7 Å². The fraction of sp³-hybridized carbons (Fsp3) is 0.381. The van der Waals surface area contributed by atoms with E-state index < -0.39 is 0 Å². The third kappa shape index (κ3) is 3.35. The second-order valence-corrected chi connectivity index (χ2v) is 7.65. The molecule has 9 nitrogen and oxygen atoms in total. The normalized spacial score (nSPS) is 18.2. The first-order chi connectivity index (χ1) is 14.6. The monoisotopic (exact) mass is 408 g/mol. The summed E-state index contributed by atoms with van der Waals surface area (Å²) in [6.45, 7) is 6.58. The van der Waals surface area contributed by atoms with Crippen molar-refractivity contribution in [2.24, 2.45) is 5.73 Å². The number of pyridine rings is 1. The molecule has 0 aromatic carbocycles. The molecule has 0 aliphatic carbocycles. The summed E-state index contributed by atoms with van der Waals surface area (Å²) in [5, 5.41) is 5.51. The van der Waals surface area contributed by atoms with Gasteiger partial charge in [-0.2, -0.15) is 0 Å². The summed E-state index contributed by atoms with van der Waals surface area (Å²) in [5.41, 5.74) is 8.00. The molecule has 2 N–H and O–H groups in total. The van der Waals surface area contributed by atoms with E-state index in [0.29, 0.717) is 37.1 Å². The standard InChI is InChI=1S/C21H24N6O3/c1-13(22)11-29-20-4-3-19-24-10-16(27(19)25-20)18-9-15-17(30-18)5-6-23-21(15)26-7-8-28-12-14(26)2/h3-6,9-10,13-14H,7-8,11-12,22H2,1-2H3. The molecule has 4 aromatic heterocycles. The number of fused-ring (bicyclic) bond motifs is 2. The summed E-state index contributed by atoms with van der Waals surface area (Å²) < 4.78 is 19.1. The number of rotatable bonds is 5. The average molecular weight is 408 g/mol. The van der Waals surface area contributed by atoms with Gasteiger partial charge in [0.15, 0.2) is 11.4 Å². The van der Waals surface area contributed by atoms with Crippen LogP contribution in [0.3, 0.4) is 0 Å². The van der Waals surface area contributed by atoms with Crippen LogP contribution in [0.4, 0.5) is 5.82 Å². The number of ether oxygens (including phenoxy) is 2. The van der Waals surface area contributed by atoms with Crippen LogP contribution in [0.25, 0.3) is 28.1 Å². The van der Waals surface area contributed by atoms with E-state index in [1.54, 1.807) is 23.0 Å². The molecule has 30 heavy (non-hydrogen) atoms. The minimum Gasteiger partial charge on any atom is -0.475 e. The summed E-state index contributed by atoms with van der Waals surface area (Å²) in [4.78, 5) is 11.3. The lowest BCUT2D eigenvalue weighted by atomic mass is 10.2. The van der Waals surface area contributed by atoms with Crippen molar-refractivity contribution >= 4 is 22.4 Å². The van der Waals surface area contributed by atoms with Crippen LogP contribution in [0.1, 0.15) is 13.8 Å². The summed E-state index contributed by atoms with van der Waals surface area (Å²) in [5.74, 6) is 2.06. The Balaban J connectivity index is 1.55. The Labute approximate surface area is 173 Å². The van der Waals surface area contributed by atoms with Gasteiger partial charge in [-0.3, -0.25) is 0 Å². The maximum atomic E-state index is 6.17. The molecule has 5 rings (SSSR count). The highest BCUT2D eigenvalue weighted by Gasteiger charge is 2.24. The Hall–Kier alpha value is -3.17.